The van der Waals surface area contributed by atoms with Crippen molar-refractivity contribution >= 4 is 65.4 Å². The van der Waals surface area contributed by atoms with Gasteiger partial charge in [-0.2, -0.15) is 9.97 Å². The molecule has 4 heterocycles. The highest BCUT2D eigenvalue weighted by atomic mass is 15.2. The summed E-state index contributed by atoms with van der Waals surface area (Å²) < 4.78 is 7.02. The minimum absolute atomic E-state index is 0.549. The fraction of sp³-hybridized carbons (Fsp3) is 0. The molecule has 6 heteroatoms. The van der Waals surface area contributed by atoms with Crippen LogP contribution in [0.2, 0.25) is 0 Å². The average Bonchev–Trinajstić information content (AvgIpc) is 4.01. The fourth-order valence-electron chi connectivity index (χ4n) is 9.77. The van der Waals surface area contributed by atoms with E-state index in [9.17, 15) is 0 Å². The van der Waals surface area contributed by atoms with Crippen molar-refractivity contribution < 1.29 is 0 Å². The van der Waals surface area contributed by atoms with Crippen molar-refractivity contribution in [3.05, 3.63) is 218 Å². The monoisotopic (exact) mass is 804 g/mol. The Morgan fingerprint density at radius 1 is 0.286 bits per heavy atom. The first kappa shape index (κ1) is 35.2. The second kappa shape index (κ2) is 14.0. The van der Waals surface area contributed by atoms with Gasteiger partial charge in [-0.1, -0.05) is 152 Å². The van der Waals surface area contributed by atoms with Crippen LogP contribution < -0.4 is 0 Å². The molecule has 0 atom stereocenters. The van der Waals surface area contributed by atoms with E-state index in [0.717, 1.165) is 71.9 Å². The summed E-state index contributed by atoms with van der Waals surface area (Å²) in [7, 11) is 0. The van der Waals surface area contributed by atoms with E-state index in [1.165, 1.54) is 27.2 Å². The molecule has 9 aromatic carbocycles. The molecular formula is C57H36N6. The molecule has 0 aliphatic heterocycles. The maximum atomic E-state index is 5.45. The Labute approximate surface area is 362 Å². The molecule has 4 aromatic heterocycles. The summed E-state index contributed by atoms with van der Waals surface area (Å²) in [4.78, 5) is 16.1. The SMILES string of the molecule is c1ccc(-c2nc(-c3ccc(-n4c5ccccc5c5ccccc54)cc3)nc(-n3c4ccccc4c4c(-c5ccccc5)cc5c6ccccc6n(-c6ccccc6)c5c43)n2)cc1. The molecule has 0 aliphatic carbocycles. The zero-order valence-electron chi connectivity index (χ0n) is 34.0. The Bertz CT molecular complexity index is 3830. The van der Waals surface area contributed by atoms with E-state index in [4.69, 9.17) is 15.0 Å². The highest BCUT2D eigenvalue weighted by Gasteiger charge is 2.26. The minimum atomic E-state index is 0.549. The van der Waals surface area contributed by atoms with Crippen molar-refractivity contribution in [1.29, 1.82) is 0 Å². The van der Waals surface area contributed by atoms with Gasteiger partial charge in [0, 0.05) is 54.8 Å². The normalized spacial score (nSPS) is 11.8. The van der Waals surface area contributed by atoms with Gasteiger partial charge in [0.05, 0.1) is 33.1 Å². The smallest absolute Gasteiger partial charge is 0.238 e. The van der Waals surface area contributed by atoms with Crippen LogP contribution in [-0.2, 0) is 0 Å². The highest BCUT2D eigenvalue weighted by molar-refractivity contribution is 6.28. The number of para-hydroxylation sites is 5. The van der Waals surface area contributed by atoms with E-state index >= 15 is 0 Å². The summed E-state index contributed by atoms with van der Waals surface area (Å²) >= 11 is 0. The summed E-state index contributed by atoms with van der Waals surface area (Å²) in [5.74, 6) is 1.75. The van der Waals surface area contributed by atoms with Crippen molar-refractivity contribution in [3.8, 4) is 51.2 Å². The second-order valence-corrected chi connectivity index (χ2v) is 16.0. The summed E-state index contributed by atoms with van der Waals surface area (Å²) in [6.45, 7) is 0. The van der Waals surface area contributed by atoms with Gasteiger partial charge in [-0.3, -0.25) is 4.57 Å². The van der Waals surface area contributed by atoms with Gasteiger partial charge in [-0.05, 0) is 77.9 Å². The minimum Gasteiger partial charge on any atom is -0.309 e. The van der Waals surface area contributed by atoms with Crippen LogP contribution in [0.5, 0.6) is 0 Å². The van der Waals surface area contributed by atoms with Crippen LogP contribution in [0, 0.1) is 0 Å². The van der Waals surface area contributed by atoms with Crippen LogP contribution >= 0.6 is 0 Å². The van der Waals surface area contributed by atoms with E-state index in [-0.39, 0.29) is 0 Å². The number of fused-ring (bicyclic) bond motifs is 10. The standard InChI is InChI=1S/C57H36N6/c1-4-18-37(19-5-1)46-36-47-44-26-12-16-30-50(44)62(40-22-8-3-9-23-40)53(47)54-52(46)45-27-13-17-31-51(45)63(54)57-59-55(38-20-6-2-7-21-38)58-56(60-57)39-32-34-41(35-33-39)61-48-28-14-10-24-42(48)43-25-11-15-29-49(43)61/h1-36H. The lowest BCUT2D eigenvalue weighted by Crippen LogP contribution is -2.07. The summed E-state index contributed by atoms with van der Waals surface area (Å²) in [5, 5.41) is 7.06. The lowest BCUT2D eigenvalue weighted by molar-refractivity contribution is 0.953. The zero-order chi connectivity index (χ0) is 41.4. The molecular weight excluding hydrogens is 769 g/mol. The molecule has 294 valence electrons. The molecule has 0 saturated heterocycles. The molecule has 13 aromatic rings. The van der Waals surface area contributed by atoms with E-state index in [0.29, 0.717) is 17.6 Å². The van der Waals surface area contributed by atoms with Crippen molar-refractivity contribution in [2.75, 3.05) is 0 Å². The highest BCUT2D eigenvalue weighted by Crippen LogP contribution is 2.46. The molecule has 0 amide bonds. The van der Waals surface area contributed by atoms with Gasteiger partial charge in [0.15, 0.2) is 11.6 Å². The first-order valence-corrected chi connectivity index (χ1v) is 21.3. The Balaban J connectivity index is 1.12. The Kier molecular flexibility index (Phi) is 7.80. The topological polar surface area (TPSA) is 53.5 Å². The van der Waals surface area contributed by atoms with Crippen molar-refractivity contribution in [2.24, 2.45) is 0 Å². The van der Waals surface area contributed by atoms with Crippen molar-refractivity contribution in [3.63, 3.8) is 0 Å². The van der Waals surface area contributed by atoms with E-state index in [1.807, 2.05) is 18.2 Å². The first-order chi connectivity index (χ1) is 31.3. The predicted molar refractivity (Wildman–Crippen MR) is 259 cm³/mol. The number of aromatic nitrogens is 6. The lowest BCUT2D eigenvalue weighted by atomic mass is 9.96. The van der Waals surface area contributed by atoms with Gasteiger partial charge in [0.25, 0.3) is 0 Å². The first-order valence-electron chi connectivity index (χ1n) is 21.3. The Hall–Kier alpha value is -8.61. The van der Waals surface area contributed by atoms with Gasteiger partial charge >= 0.3 is 0 Å². The van der Waals surface area contributed by atoms with Gasteiger partial charge < -0.3 is 9.13 Å². The third kappa shape index (κ3) is 5.41. The largest absolute Gasteiger partial charge is 0.309 e. The average molecular weight is 805 g/mol. The number of benzene rings is 9. The summed E-state index contributed by atoms with van der Waals surface area (Å²) in [6.07, 6.45) is 0. The third-order valence-corrected chi connectivity index (χ3v) is 12.5. The van der Waals surface area contributed by atoms with Crippen LogP contribution in [0.1, 0.15) is 0 Å². The van der Waals surface area contributed by atoms with Crippen molar-refractivity contribution in [2.45, 2.75) is 0 Å². The summed E-state index contributed by atoms with van der Waals surface area (Å²) in [6, 6.07) is 77.2. The molecule has 0 bridgehead atoms. The van der Waals surface area contributed by atoms with E-state index < -0.39 is 0 Å². The van der Waals surface area contributed by atoms with E-state index in [2.05, 4.69) is 214 Å². The van der Waals surface area contributed by atoms with Crippen LogP contribution in [0.15, 0.2) is 218 Å². The zero-order valence-corrected chi connectivity index (χ0v) is 34.0. The second-order valence-electron chi connectivity index (χ2n) is 16.0. The van der Waals surface area contributed by atoms with Gasteiger partial charge in [0.2, 0.25) is 5.95 Å². The van der Waals surface area contributed by atoms with Gasteiger partial charge in [-0.25, -0.2) is 4.98 Å². The molecule has 0 N–H and O–H groups in total. The van der Waals surface area contributed by atoms with Crippen molar-refractivity contribution in [1.82, 2.24) is 28.7 Å². The number of rotatable bonds is 6. The molecule has 63 heavy (non-hydrogen) atoms. The maximum absolute atomic E-state index is 5.45. The van der Waals surface area contributed by atoms with Gasteiger partial charge in [0.1, 0.15) is 0 Å². The molecule has 0 saturated carbocycles. The molecule has 0 radical (unpaired) electrons. The van der Waals surface area contributed by atoms with Crippen LogP contribution in [0.4, 0.5) is 0 Å². The lowest BCUT2D eigenvalue weighted by Gasteiger charge is -2.14. The summed E-state index contributed by atoms with van der Waals surface area (Å²) in [5.41, 5.74) is 12.9. The molecule has 13 rings (SSSR count). The Morgan fingerprint density at radius 3 is 1.30 bits per heavy atom. The van der Waals surface area contributed by atoms with Gasteiger partial charge in [-0.15, -0.1) is 0 Å². The van der Waals surface area contributed by atoms with Crippen LogP contribution in [0.3, 0.4) is 0 Å². The number of hydrogen-bond donors (Lipinski definition) is 0. The Morgan fingerprint density at radius 2 is 0.714 bits per heavy atom. The number of nitrogens with zero attached hydrogens (tertiary/aromatic N) is 6. The van der Waals surface area contributed by atoms with E-state index in [1.54, 1.807) is 0 Å². The number of hydrogen-bond acceptors (Lipinski definition) is 3. The fourth-order valence-corrected chi connectivity index (χ4v) is 9.77. The molecule has 0 spiro atoms. The predicted octanol–water partition coefficient (Wildman–Crippen LogP) is 14.2. The third-order valence-electron chi connectivity index (χ3n) is 12.5. The quantitative estimate of drug-likeness (QED) is 0.168. The molecule has 0 fully saturated rings. The molecule has 6 nitrogen and oxygen atoms in total. The molecule has 0 aliphatic rings. The maximum Gasteiger partial charge on any atom is 0.238 e. The van der Waals surface area contributed by atoms with Crippen LogP contribution in [-0.4, -0.2) is 28.7 Å². The molecule has 0 unspecified atom stereocenters. The van der Waals surface area contributed by atoms with Crippen LogP contribution in [0.25, 0.3) is 117 Å².